The van der Waals surface area contributed by atoms with E-state index in [1.54, 1.807) is 19.1 Å². The van der Waals surface area contributed by atoms with Crippen LogP contribution in [-0.4, -0.2) is 39.1 Å². The number of fused-ring (bicyclic) bond motifs is 1. The molecular formula is C20H13FN4O5S. The van der Waals surface area contributed by atoms with Gasteiger partial charge in [-0.15, -0.1) is 11.3 Å². The largest absolute Gasteiger partial charge is 0.300 e. The molecule has 4 rings (SSSR count). The normalized spacial score (nSPS) is 12.8. The van der Waals surface area contributed by atoms with Crippen LogP contribution in [0.15, 0.2) is 42.5 Å². The number of amides is 3. The number of thiazole rings is 1. The fourth-order valence-electron chi connectivity index (χ4n) is 3.24. The standard InChI is InChI=1S/C20H13FN4O5S/c1-10-17(11-5-7-12(21)8-6-11)23-20(31-10)22-15(26)9-24-18(27)13-3-2-4-14(25(29)30)16(13)19(24)28/h2-8H,9H2,1H3,(H,22,23,26). The summed E-state index contributed by atoms with van der Waals surface area (Å²) in [5, 5.41) is 13.9. The van der Waals surface area contributed by atoms with Gasteiger partial charge in [0.25, 0.3) is 17.5 Å². The maximum atomic E-state index is 13.1. The Kier molecular flexibility index (Phi) is 5.03. The van der Waals surface area contributed by atoms with Gasteiger partial charge in [0.05, 0.1) is 16.2 Å². The number of nitro groups is 1. The molecule has 0 fully saturated rings. The molecule has 31 heavy (non-hydrogen) atoms. The van der Waals surface area contributed by atoms with Crippen molar-refractivity contribution in [3.63, 3.8) is 0 Å². The van der Waals surface area contributed by atoms with Crippen LogP contribution < -0.4 is 5.32 Å². The Balaban J connectivity index is 1.51. The van der Waals surface area contributed by atoms with Crippen molar-refractivity contribution in [3.8, 4) is 11.3 Å². The highest BCUT2D eigenvalue weighted by Crippen LogP contribution is 2.32. The highest BCUT2D eigenvalue weighted by molar-refractivity contribution is 7.16. The number of imide groups is 1. The number of aromatic nitrogens is 1. The van der Waals surface area contributed by atoms with Crippen molar-refractivity contribution in [1.29, 1.82) is 0 Å². The molecule has 11 heteroatoms. The maximum absolute atomic E-state index is 13.1. The molecule has 0 unspecified atom stereocenters. The molecule has 0 bridgehead atoms. The summed E-state index contributed by atoms with van der Waals surface area (Å²) in [7, 11) is 0. The van der Waals surface area contributed by atoms with Gasteiger partial charge < -0.3 is 5.32 Å². The first-order chi connectivity index (χ1) is 14.8. The van der Waals surface area contributed by atoms with E-state index in [0.29, 0.717) is 16.2 Å². The van der Waals surface area contributed by atoms with Gasteiger partial charge in [-0.25, -0.2) is 9.37 Å². The average molecular weight is 440 g/mol. The number of anilines is 1. The molecule has 3 aromatic rings. The number of halogens is 1. The molecule has 1 aliphatic heterocycles. The number of hydrogen-bond acceptors (Lipinski definition) is 7. The van der Waals surface area contributed by atoms with Crippen LogP contribution >= 0.6 is 11.3 Å². The third-order valence-electron chi connectivity index (χ3n) is 4.64. The third-order valence-corrected chi connectivity index (χ3v) is 5.52. The van der Waals surface area contributed by atoms with Gasteiger partial charge in [0.2, 0.25) is 5.91 Å². The Labute approximate surface area is 178 Å². The van der Waals surface area contributed by atoms with Crippen LogP contribution in [0.2, 0.25) is 0 Å². The van der Waals surface area contributed by atoms with Gasteiger partial charge in [0.1, 0.15) is 17.9 Å². The van der Waals surface area contributed by atoms with Crippen molar-refractivity contribution in [2.75, 3.05) is 11.9 Å². The summed E-state index contributed by atoms with van der Waals surface area (Å²) in [6.45, 7) is 1.17. The van der Waals surface area contributed by atoms with Crippen LogP contribution in [0.25, 0.3) is 11.3 Å². The number of benzene rings is 2. The van der Waals surface area contributed by atoms with Crippen LogP contribution in [0.1, 0.15) is 25.6 Å². The summed E-state index contributed by atoms with van der Waals surface area (Å²) >= 11 is 1.18. The molecule has 0 spiro atoms. The van der Waals surface area contributed by atoms with E-state index in [1.807, 2.05) is 0 Å². The highest BCUT2D eigenvalue weighted by Gasteiger charge is 2.41. The predicted octanol–water partition coefficient (Wildman–Crippen LogP) is 3.40. The summed E-state index contributed by atoms with van der Waals surface area (Å²) in [5.74, 6) is -2.74. The Morgan fingerprint density at radius 1 is 1.19 bits per heavy atom. The molecule has 1 aromatic heterocycles. The molecule has 1 N–H and O–H groups in total. The number of nitro benzene ring substituents is 1. The van der Waals surface area contributed by atoms with Crippen LogP contribution in [0.3, 0.4) is 0 Å². The topological polar surface area (TPSA) is 123 Å². The first kappa shape index (κ1) is 20.3. The minimum atomic E-state index is -0.898. The second-order valence-corrected chi connectivity index (χ2v) is 7.84. The van der Waals surface area contributed by atoms with E-state index in [0.717, 1.165) is 10.9 Å². The summed E-state index contributed by atoms with van der Waals surface area (Å²) in [4.78, 5) is 53.7. The van der Waals surface area contributed by atoms with E-state index >= 15 is 0 Å². The molecule has 2 heterocycles. The molecule has 2 aromatic carbocycles. The van der Waals surface area contributed by atoms with Crippen LogP contribution in [-0.2, 0) is 4.79 Å². The van der Waals surface area contributed by atoms with Gasteiger partial charge in [-0.3, -0.25) is 29.4 Å². The zero-order valence-electron chi connectivity index (χ0n) is 15.9. The fourth-order valence-corrected chi connectivity index (χ4v) is 4.09. The summed E-state index contributed by atoms with van der Waals surface area (Å²) < 4.78 is 13.1. The Morgan fingerprint density at radius 2 is 1.90 bits per heavy atom. The lowest BCUT2D eigenvalue weighted by atomic mass is 10.1. The van der Waals surface area contributed by atoms with Crippen molar-refractivity contribution >= 4 is 39.9 Å². The van der Waals surface area contributed by atoms with Crippen molar-refractivity contribution < 1.29 is 23.7 Å². The number of carbonyl (C=O) groups is 3. The van der Waals surface area contributed by atoms with Crippen LogP contribution in [0.4, 0.5) is 15.2 Å². The van der Waals surface area contributed by atoms with Gasteiger partial charge in [-0.2, -0.15) is 0 Å². The first-order valence-electron chi connectivity index (χ1n) is 8.93. The number of carbonyl (C=O) groups excluding carboxylic acids is 3. The van der Waals surface area contributed by atoms with Crippen molar-refractivity contribution in [3.05, 3.63) is 74.4 Å². The molecule has 3 amide bonds. The Bertz CT molecular complexity index is 1250. The fraction of sp³-hybridized carbons (Fsp3) is 0.100. The lowest BCUT2D eigenvalue weighted by molar-refractivity contribution is -0.385. The molecule has 0 radical (unpaired) electrons. The third kappa shape index (κ3) is 3.66. The van der Waals surface area contributed by atoms with E-state index in [-0.39, 0.29) is 22.1 Å². The zero-order chi connectivity index (χ0) is 22.3. The predicted molar refractivity (Wildman–Crippen MR) is 109 cm³/mol. The van der Waals surface area contributed by atoms with Gasteiger partial charge >= 0.3 is 0 Å². The number of hydrogen-bond donors (Lipinski definition) is 1. The Morgan fingerprint density at radius 3 is 2.58 bits per heavy atom. The molecule has 156 valence electrons. The van der Waals surface area contributed by atoms with E-state index in [4.69, 9.17) is 0 Å². The second-order valence-electron chi connectivity index (χ2n) is 6.63. The maximum Gasteiger partial charge on any atom is 0.282 e. The minimum absolute atomic E-state index is 0.115. The van der Waals surface area contributed by atoms with Crippen molar-refractivity contribution in [1.82, 2.24) is 9.88 Å². The van der Waals surface area contributed by atoms with E-state index in [9.17, 15) is 28.9 Å². The SMILES string of the molecule is Cc1sc(NC(=O)CN2C(=O)c3cccc([N+](=O)[O-])c3C2=O)nc1-c1ccc(F)cc1. The number of rotatable bonds is 5. The van der Waals surface area contributed by atoms with Gasteiger partial charge in [-0.05, 0) is 37.3 Å². The summed E-state index contributed by atoms with van der Waals surface area (Å²) in [6, 6.07) is 9.47. The number of nitrogens with zero attached hydrogens (tertiary/aromatic N) is 3. The quantitative estimate of drug-likeness (QED) is 0.369. The van der Waals surface area contributed by atoms with E-state index < -0.39 is 34.9 Å². The van der Waals surface area contributed by atoms with Gasteiger partial charge in [-0.1, -0.05) is 6.07 Å². The molecule has 0 saturated carbocycles. The van der Waals surface area contributed by atoms with Gasteiger partial charge in [0.15, 0.2) is 5.13 Å². The molecule has 0 atom stereocenters. The molecule has 0 saturated heterocycles. The lowest BCUT2D eigenvalue weighted by Crippen LogP contribution is -2.37. The molecule has 0 aliphatic carbocycles. The van der Waals surface area contributed by atoms with Crippen LogP contribution in [0, 0.1) is 22.9 Å². The lowest BCUT2D eigenvalue weighted by Gasteiger charge is -2.12. The van der Waals surface area contributed by atoms with E-state index in [2.05, 4.69) is 10.3 Å². The molecular weight excluding hydrogens is 427 g/mol. The zero-order valence-corrected chi connectivity index (χ0v) is 16.7. The minimum Gasteiger partial charge on any atom is -0.300 e. The Hall–Kier alpha value is -3.99. The van der Waals surface area contributed by atoms with Crippen molar-refractivity contribution in [2.24, 2.45) is 0 Å². The van der Waals surface area contributed by atoms with Crippen molar-refractivity contribution in [2.45, 2.75) is 6.92 Å². The van der Waals surface area contributed by atoms with Crippen LogP contribution in [0.5, 0.6) is 0 Å². The summed E-state index contributed by atoms with van der Waals surface area (Å²) in [6.07, 6.45) is 0. The van der Waals surface area contributed by atoms with Gasteiger partial charge in [0, 0.05) is 16.5 Å². The summed E-state index contributed by atoms with van der Waals surface area (Å²) in [5.41, 5.74) is 0.308. The second kappa shape index (κ2) is 7.69. The monoisotopic (exact) mass is 440 g/mol. The molecule has 9 nitrogen and oxygen atoms in total. The average Bonchev–Trinajstić information content (AvgIpc) is 3.21. The smallest absolute Gasteiger partial charge is 0.282 e. The highest BCUT2D eigenvalue weighted by atomic mass is 32.1. The number of aryl methyl sites for hydroxylation is 1. The molecule has 1 aliphatic rings. The first-order valence-corrected chi connectivity index (χ1v) is 9.74. The number of nitrogens with one attached hydrogen (secondary N) is 1. The van der Waals surface area contributed by atoms with E-state index in [1.165, 1.54) is 35.6 Å².